The van der Waals surface area contributed by atoms with Gasteiger partial charge in [-0.05, 0) is 56.3 Å². The zero-order valence-electron chi connectivity index (χ0n) is 15.0. The summed E-state index contributed by atoms with van der Waals surface area (Å²) < 4.78 is 0. The molecule has 0 saturated carbocycles. The zero-order valence-corrected chi connectivity index (χ0v) is 15.8. The molecule has 128 valence electrons. The van der Waals surface area contributed by atoms with Crippen molar-refractivity contribution in [1.29, 1.82) is 0 Å². The second-order valence-electron chi connectivity index (χ2n) is 6.74. The summed E-state index contributed by atoms with van der Waals surface area (Å²) >= 11 is 1.81. The molecule has 2 nitrogen and oxygen atoms in total. The van der Waals surface area contributed by atoms with Crippen LogP contribution < -0.4 is 5.32 Å². The van der Waals surface area contributed by atoms with Gasteiger partial charge in [-0.3, -0.25) is 4.90 Å². The molecular weight excluding hydrogens is 312 g/mol. The average Bonchev–Trinajstić information content (AvgIpc) is 2.84. The molecule has 2 aromatic rings. The van der Waals surface area contributed by atoms with Crippen LogP contribution in [-0.4, -0.2) is 37.3 Å². The van der Waals surface area contributed by atoms with Crippen molar-refractivity contribution in [2.75, 3.05) is 32.4 Å². The highest BCUT2D eigenvalue weighted by Gasteiger charge is 2.23. The molecule has 2 aromatic carbocycles. The topological polar surface area (TPSA) is 15.3 Å². The van der Waals surface area contributed by atoms with Crippen molar-refractivity contribution in [2.45, 2.75) is 31.2 Å². The number of nitrogens with one attached hydrogen (secondary N) is 1. The third-order valence-corrected chi connectivity index (χ3v) is 5.47. The molecule has 3 heteroatoms. The highest BCUT2D eigenvalue weighted by Crippen LogP contribution is 2.31. The van der Waals surface area contributed by atoms with Crippen LogP contribution in [0, 0.1) is 13.8 Å². The quantitative estimate of drug-likeness (QED) is 0.830. The van der Waals surface area contributed by atoms with E-state index in [4.69, 9.17) is 0 Å². The molecule has 1 unspecified atom stereocenters. The van der Waals surface area contributed by atoms with Gasteiger partial charge in [0.1, 0.15) is 0 Å². The van der Waals surface area contributed by atoms with E-state index in [1.54, 1.807) is 11.8 Å². The van der Waals surface area contributed by atoms with Crippen LogP contribution in [0.3, 0.4) is 0 Å². The Morgan fingerprint density at radius 3 is 2.29 bits per heavy atom. The Bertz CT molecular complexity index is 638. The largest absolute Gasteiger partial charge is 0.315 e. The van der Waals surface area contributed by atoms with Crippen molar-refractivity contribution in [3.63, 3.8) is 0 Å². The second kappa shape index (κ2) is 8.19. The number of nitrogens with zero attached hydrogens (tertiary/aromatic N) is 1. The lowest BCUT2D eigenvalue weighted by Gasteiger charge is -2.32. The summed E-state index contributed by atoms with van der Waals surface area (Å²) in [5, 5.41) is 3.53. The van der Waals surface area contributed by atoms with Crippen LogP contribution in [0.1, 0.15) is 34.7 Å². The van der Waals surface area contributed by atoms with E-state index in [1.807, 2.05) is 0 Å². The number of rotatable bonds is 4. The summed E-state index contributed by atoms with van der Waals surface area (Å²) in [4.78, 5) is 3.97. The molecule has 1 saturated heterocycles. The Morgan fingerprint density at radius 1 is 0.917 bits per heavy atom. The van der Waals surface area contributed by atoms with Crippen LogP contribution in [-0.2, 0) is 0 Å². The highest BCUT2D eigenvalue weighted by atomic mass is 32.2. The third-order valence-electron chi connectivity index (χ3n) is 4.73. The van der Waals surface area contributed by atoms with Crippen molar-refractivity contribution in [3.8, 4) is 0 Å². The predicted octanol–water partition coefficient (Wildman–Crippen LogP) is 4.41. The standard InChI is InChI=1S/C21H28N2S/c1-16-13-17(2)15-19(14-16)21(23-11-4-9-22-10-12-23)18-5-7-20(24-3)8-6-18/h5-8,13-15,21-22H,4,9-12H2,1-3H3. The Balaban J connectivity index is 2.01. The maximum Gasteiger partial charge on any atom is 0.0602 e. The summed E-state index contributed by atoms with van der Waals surface area (Å²) in [5.74, 6) is 0. The van der Waals surface area contributed by atoms with Crippen molar-refractivity contribution in [1.82, 2.24) is 10.2 Å². The van der Waals surface area contributed by atoms with Gasteiger partial charge in [-0.1, -0.05) is 41.5 Å². The normalized spacial score (nSPS) is 17.5. The van der Waals surface area contributed by atoms with Crippen LogP contribution in [0.2, 0.25) is 0 Å². The molecule has 0 radical (unpaired) electrons. The minimum Gasteiger partial charge on any atom is -0.315 e. The molecule has 24 heavy (non-hydrogen) atoms. The van der Waals surface area contributed by atoms with Gasteiger partial charge in [-0.15, -0.1) is 11.8 Å². The SMILES string of the molecule is CSc1ccc(C(c2cc(C)cc(C)c2)N2CCCNCC2)cc1. The van der Waals surface area contributed by atoms with Crippen LogP contribution in [0.15, 0.2) is 47.4 Å². The van der Waals surface area contributed by atoms with E-state index in [0.717, 1.165) is 26.2 Å². The van der Waals surface area contributed by atoms with E-state index >= 15 is 0 Å². The van der Waals surface area contributed by atoms with Crippen LogP contribution in [0.25, 0.3) is 0 Å². The summed E-state index contributed by atoms with van der Waals surface area (Å²) in [6.07, 6.45) is 3.35. The lowest BCUT2D eigenvalue weighted by atomic mass is 9.94. The molecule has 0 aromatic heterocycles. The van der Waals surface area contributed by atoms with Crippen molar-refractivity contribution >= 4 is 11.8 Å². The van der Waals surface area contributed by atoms with Crippen LogP contribution in [0.4, 0.5) is 0 Å². The van der Waals surface area contributed by atoms with E-state index in [1.165, 1.54) is 33.6 Å². The predicted molar refractivity (Wildman–Crippen MR) is 105 cm³/mol. The Morgan fingerprint density at radius 2 is 1.62 bits per heavy atom. The molecule has 0 spiro atoms. The summed E-state index contributed by atoms with van der Waals surface area (Å²) in [5.41, 5.74) is 5.53. The zero-order chi connectivity index (χ0) is 16.9. The van der Waals surface area contributed by atoms with Gasteiger partial charge in [-0.25, -0.2) is 0 Å². The molecule has 3 rings (SSSR count). The first-order valence-electron chi connectivity index (χ1n) is 8.84. The fourth-order valence-corrected chi connectivity index (χ4v) is 4.10. The van der Waals surface area contributed by atoms with E-state index in [-0.39, 0.29) is 0 Å². The van der Waals surface area contributed by atoms with Crippen molar-refractivity contribution in [2.24, 2.45) is 0 Å². The molecule has 1 aliphatic heterocycles. The Labute approximate surface area is 150 Å². The Kier molecular flexibility index (Phi) is 5.99. The smallest absolute Gasteiger partial charge is 0.0602 e. The minimum atomic E-state index is 0.347. The summed E-state index contributed by atoms with van der Waals surface area (Å²) in [6.45, 7) is 8.85. The second-order valence-corrected chi connectivity index (χ2v) is 7.62. The summed E-state index contributed by atoms with van der Waals surface area (Å²) in [7, 11) is 0. The van der Waals surface area contributed by atoms with E-state index < -0.39 is 0 Å². The van der Waals surface area contributed by atoms with Crippen molar-refractivity contribution in [3.05, 3.63) is 64.7 Å². The molecule has 1 atom stereocenters. The monoisotopic (exact) mass is 340 g/mol. The van der Waals surface area contributed by atoms with Gasteiger partial charge >= 0.3 is 0 Å². The minimum absolute atomic E-state index is 0.347. The van der Waals surface area contributed by atoms with Crippen molar-refractivity contribution < 1.29 is 0 Å². The van der Waals surface area contributed by atoms with E-state index in [2.05, 4.69) is 72.8 Å². The first-order valence-corrected chi connectivity index (χ1v) is 10.1. The van der Waals surface area contributed by atoms with Gasteiger partial charge in [0.25, 0.3) is 0 Å². The molecule has 0 aliphatic carbocycles. The number of hydrogen-bond donors (Lipinski definition) is 1. The maximum atomic E-state index is 3.53. The Hall–Kier alpha value is -1.29. The van der Waals surface area contributed by atoms with E-state index in [9.17, 15) is 0 Å². The van der Waals surface area contributed by atoms with Crippen LogP contribution >= 0.6 is 11.8 Å². The fourth-order valence-electron chi connectivity index (χ4n) is 3.69. The number of benzene rings is 2. The molecule has 1 heterocycles. The first kappa shape index (κ1) is 17.5. The van der Waals surface area contributed by atoms with Gasteiger partial charge in [0, 0.05) is 24.5 Å². The summed E-state index contributed by atoms with van der Waals surface area (Å²) in [6, 6.07) is 16.5. The number of hydrogen-bond acceptors (Lipinski definition) is 3. The number of aryl methyl sites for hydroxylation is 2. The van der Waals surface area contributed by atoms with Gasteiger partial charge < -0.3 is 5.32 Å². The third kappa shape index (κ3) is 4.21. The van der Waals surface area contributed by atoms with Gasteiger partial charge in [-0.2, -0.15) is 0 Å². The lowest BCUT2D eigenvalue weighted by molar-refractivity contribution is 0.241. The van der Waals surface area contributed by atoms with Gasteiger partial charge in [0.2, 0.25) is 0 Å². The molecular formula is C21H28N2S. The highest BCUT2D eigenvalue weighted by molar-refractivity contribution is 7.98. The maximum absolute atomic E-state index is 3.53. The van der Waals surface area contributed by atoms with Gasteiger partial charge in [0.15, 0.2) is 0 Å². The van der Waals surface area contributed by atoms with Gasteiger partial charge in [0.05, 0.1) is 6.04 Å². The van der Waals surface area contributed by atoms with E-state index in [0.29, 0.717) is 6.04 Å². The molecule has 1 N–H and O–H groups in total. The number of thioether (sulfide) groups is 1. The fraction of sp³-hybridized carbons (Fsp3) is 0.429. The average molecular weight is 341 g/mol. The first-order chi connectivity index (χ1) is 11.7. The molecule has 0 bridgehead atoms. The molecule has 0 amide bonds. The van der Waals surface area contributed by atoms with Crippen LogP contribution in [0.5, 0.6) is 0 Å². The lowest BCUT2D eigenvalue weighted by Crippen LogP contribution is -2.33. The molecule has 1 fully saturated rings. The molecule has 1 aliphatic rings.